The zero-order chi connectivity index (χ0) is 11.1. The summed E-state index contributed by atoms with van der Waals surface area (Å²) in [5, 5.41) is 8.96. The van der Waals surface area contributed by atoms with Crippen LogP contribution in [-0.2, 0) is 0 Å². The fourth-order valence-electron chi connectivity index (χ4n) is 1.70. The van der Waals surface area contributed by atoms with E-state index >= 15 is 0 Å². The fourth-order valence-corrected chi connectivity index (χ4v) is 2.37. The highest BCUT2D eigenvalue weighted by Gasteiger charge is 2.12. The number of hydrogen-bond donors (Lipinski definition) is 1. The van der Waals surface area contributed by atoms with E-state index in [1.807, 2.05) is 11.7 Å². The zero-order valence-electron chi connectivity index (χ0n) is 9.52. The van der Waals surface area contributed by atoms with Gasteiger partial charge in [0, 0.05) is 30.1 Å². The largest absolute Gasteiger partial charge is 0.395 e. The molecule has 1 unspecified atom stereocenters. The molecule has 0 aromatic carbocycles. The topological polar surface area (TPSA) is 36.4 Å². The first kappa shape index (κ1) is 12.6. The van der Waals surface area contributed by atoms with Gasteiger partial charge in [0.15, 0.2) is 0 Å². The third-order valence-corrected chi connectivity index (χ3v) is 3.43. The van der Waals surface area contributed by atoms with Crippen LogP contribution in [0.5, 0.6) is 0 Å². The summed E-state index contributed by atoms with van der Waals surface area (Å²) in [6.07, 6.45) is 3.08. The van der Waals surface area contributed by atoms with E-state index in [4.69, 9.17) is 5.11 Å². The van der Waals surface area contributed by atoms with E-state index in [9.17, 15) is 0 Å². The van der Waals surface area contributed by atoms with Gasteiger partial charge in [-0.05, 0) is 13.0 Å². The summed E-state index contributed by atoms with van der Waals surface area (Å²) in [6.45, 7) is 7.47. The molecule has 0 spiro atoms. The second-order valence-electron chi connectivity index (χ2n) is 3.83. The van der Waals surface area contributed by atoms with Gasteiger partial charge in [-0.25, -0.2) is 0 Å². The number of aliphatic hydroxyl groups is 1. The van der Waals surface area contributed by atoms with Crippen molar-refractivity contribution in [3.63, 3.8) is 0 Å². The molecule has 0 radical (unpaired) electrons. The molecule has 1 rings (SSSR count). The van der Waals surface area contributed by atoms with Crippen LogP contribution in [0.2, 0.25) is 0 Å². The molecule has 1 N–H and O–H groups in total. The molecular weight excluding hydrogens is 208 g/mol. The van der Waals surface area contributed by atoms with Crippen molar-refractivity contribution in [3.8, 4) is 0 Å². The fraction of sp³-hybridized carbons (Fsp3) is 0.727. The Morgan fingerprint density at radius 3 is 2.87 bits per heavy atom. The molecule has 1 aromatic rings. The summed E-state index contributed by atoms with van der Waals surface area (Å²) < 4.78 is 0. The molecule has 0 aliphatic heterocycles. The first-order chi connectivity index (χ1) is 7.27. The summed E-state index contributed by atoms with van der Waals surface area (Å²) >= 11 is 1.71. The molecule has 0 fully saturated rings. The van der Waals surface area contributed by atoms with Crippen molar-refractivity contribution in [1.82, 2.24) is 9.88 Å². The van der Waals surface area contributed by atoms with Crippen molar-refractivity contribution in [2.24, 2.45) is 0 Å². The zero-order valence-corrected chi connectivity index (χ0v) is 10.3. The van der Waals surface area contributed by atoms with E-state index < -0.39 is 0 Å². The van der Waals surface area contributed by atoms with Crippen molar-refractivity contribution in [3.05, 3.63) is 16.6 Å². The van der Waals surface area contributed by atoms with Gasteiger partial charge in [-0.3, -0.25) is 4.98 Å². The minimum atomic E-state index is 0.245. The molecule has 1 atom stereocenters. The Hall–Kier alpha value is -0.450. The molecule has 1 heterocycles. The summed E-state index contributed by atoms with van der Waals surface area (Å²) in [5.74, 6) is 0.510. The molecule has 0 saturated heterocycles. The highest BCUT2D eigenvalue weighted by molar-refractivity contribution is 7.09. The first-order valence-electron chi connectivity index (χ1n) is 5.49. The van der Waals surface area contributed by atoms with Gasteiger partial charge >= 0.3 is 0 Å². The predicted molar refractivity (Wildman–Crippen MR) is 64.3 cm³/mol. The van der Waals surface area contributed by atoms with Gasteiger partial charge in [-0.2, -0.15) is 0 Å². The van der Waals surface area contributed by atoms with Crippen LogP contribution in [-0.4, -0.2) is 41.2 Å². The second kappa shape index (κ2) is 6.93. The van der Waals surface area contributed by atoms with Crippen LogP contribution < -0.4 is 0 Å². The van der Waals surface area contributed by atoms with Gasteiger partial charge in [0.1, 0.15) is 0 Å². The summed E-state index contributed by atoms with van der Waals surface area (Å²) in [7, 11) is 0. The van der Waals surface area contributed by atoms with Gasteiger partial charge in [0.05, 0.1) is 12.1 Å². The molecule has 3 nitrogen and oxygen atoms in total. The minimum Gasteiger partial charge on any atom is -0.395 e. The molecule has 0 amide bonds. The number of rotatable bonds is 7. The van der Waals surface area contributed by atoms with Gasteiger partial charge in [-0.1, -0.05) is 13.8 Å². The van der Waals surface area contributed by atoms with Crippen LogP contribution in [0.4, 0.5) is 0 Å². The van der Waals surface area contributed by atoms with E-state index in [-0.39, 0.29) is 6.61 Å². The number of aliphatic hydroxyl groups excluding tert-OH is 1. The minimum absolute atomic E-state index is 0.245. The van der Waals surface area contributed by atoms with Crippen LogP contribution in [0.25, 0.3) is 0 Å². The third kappa shape index (κ3) is 4.28. The lowest BCUT2D eigenvalue weighted by Crippen LogP contribution is -2.31. The maximum Gasteiger partial charge on any atom is 0.0794 e. The van der Waals surface area contributed by atoms with Crippen LogP contribution in [0.15, 0.2) is 11.7 Å². The SMILES string of the molecule is CCCN(CCO)CC(C)c1cncs1. The first-order valence-corrected chi connectivity index (χ1v) is 6.37. The van der Waals surface area contributed by atoms with Gasteiger partial charge in [0.25, 0.3) is 0 Å². The van der Waals surface area contributed by atoms with Crippen molar-refractivity contribution in [2.45, 2.75) is 26.2 Å². The number of thiazole rings is 1. The standard InChI is InChI=1S/C11H20N2OS/c1-3-4-13(5-6-14)8-10(2)11-7-12-9-15-11/h7,9-10,14H,3-6,8H2,1-2H3. The van der Waals surface area contributed by atoms with E-state index in [1.165, 1.54) is 4.88 Å². The second-order valence-corrected chi connectivity index (χ2v) is 4.75. The van der Waals surface area contributed by atoms with E-state index in [1.54, 1.807) is 11.3 Å². The molecule has 0 aliphatic carbocycles. The lowest BCUT2D eigenvalue weighted by atomic mass is 10.1. The predicted octanol–water partition coefficient (Wildman–Crippen LogP) is 1.95. The maximum atomic E-state index is 8.96. The smallest absolute Gasteiger partial charge is 0.0794 e. The van der Waals surface area contributed by atoms with Crippen LogP contribution >= 0.6 is 11.3 Å². The highest BCUT2D eigenvalue weighted by atomic mass is 32.1. The Morgan fingerprint density at radius 2 is 2.33 bits per heavy atom. The molecular formula is C11H20N2OS. The molecule has 0 saturated carbocycles. The quantitative estimate of drug-likeness (QED) is 0.775. The Balaban J connectivity index is 2.43. The molecule has 0 aliphatic rings. The van der Waals surface area contributed by atoms with E-state index in [0.29, 0.717) is 5.92 Å². The monoisotopic (exact) mass is 228 g/mol. The van der Waals surface area contributed by atoms with Crippen LogP contribution in [0.3, 0.4) is 0 Å². The number of aromatic nitrogens is 1. The third-order valence-electron chi connectivity index (χ3n) is 2.43. The molecule has 1 aromatic heterocycles. The maximum absolute atomic E-state index is 8.96. The normalized spacial score (nSPS) is 13.3. The molecule has 15 heavy (non-hydrogen) atoms. The summed E-state index contributed by atoms with van der Waals surface area (Å²) in [5.41, 5.74) is 1.88. The Morgan fingerprint density at radius 1 is 1.53 bits per heavy atom. The van der Waals surface area contributed by atoms with Crippen LogP contribution in [0.1, 0.15) is 31.1 Å². The lowest BCUT2D eigenvalue weighted by molar-refractivity contribution is 0.190. The average molecular weight is 228 g/mol. The van der Waals surface area contributed by atoms with E-state index in [0.717, 1.165) is 26.1 Å². The van der Waals surface area contributed by atoms with Gasteiger partial charge in [0.2, 0.25) is 0 Å². The number of hydrogen-bond acceptors (Lipinski definition) is 4. The Labute approximate surface area is 95.8 Å². The Bertz CT molecular complexity index is 245. The van der Waals surface area contributed by atoms with Gasteiger partial charge in [-0.15, -0.1) is 11.3 Å². The van der Waals surface area contributed by atoms with Crippen molar-refractivity contribution in [2.75, 3.05) is 26.2 Å². The summed E-state index contributed by atoms with van der Waals surface area (Å²) in [4.78, 5) is 7.73. The van der Waals surface area contributed by atoms with E-state index in [2.05, 4.69) is 23.7 Å². The van der Waals surface area contributed by atoms with Crippen LogP contribution in [0, 0.1) is 0 Å². The number of nitrogens with zero attached hydrogens (tertiary/aromatic N) is 2. The van der Waals surface area contributed by atoms with Gasteiger partial charge < -0.3 is 10.0 Å². The summed E-state index contributed by atoms with van der Waals surface area (Å²) in [6, 6.07) is 0. The molecule has 0 bridgehead atoms. The molecule has 86 valence electrons. The average Bonchev–Trinajstić information content (AvgIpc) is 2.71. The van der Waals surface area contributed by atoms with Crippen molar-refractivity contribution < 1.29 is 5.11 Å². The molecule has 4 heteroatoms. The van der Waals surface area contributed by atoms with Crippen molar-refractivity contribution in [1.29, 1.82) is 0 Å². The lowest BCUT2D eigenvalue weighted by Gasteiger charge is -2.23. The highest BCUT2D eigenvalue weighted by Crippen LogP contribution is 2.19. The Kier molecular flexibility index (Phi) is 5.83. The van der Waals surface area contributed by atoms with Crippen molar-refractivity contribution >= 4 is 11.3 Å².